The quantitative estimate of drug-likeness (QED) is 0.0487. The molecule has 1 fully saturated rings. The molecule has 5 aromatic rings. The minimum atomic E-state index is -1.29. The zero-order chi connectivity index (χ0) is 40.9. The number of halogens is 1. The average molecular weight is 842 g/mol. The highest BCUT2D eigenvalue weighted by Gasteiger charge is 2.55. The van der Waals surface area contributed by atoms with E-state index in [0.717, 1.165) is 27.8 Å². The summed E-state index contributed by atoms with van der Waals surface area (Å²) in [5, 5.41) is 7.53. The summed E-state index contributed by atoms with van der Waals surface area (Å²) >= 11 is 7.76. The molecule has 10 nitrogen and oxygen atoms in total. The third kappa shape index (κ3) is 7.76. The minimum Gasteiger partial charge on any atom is -0.448 e. The molecule has 59 heavy (non-hydrogen) atoms. The number of β-lactam (4-membered cyclic amide) rings is 1. The van der Waals surface area contributed by atoms with Crippen molar-refractivity contribution in [1.29, 1.82) is 4.78 Å². The van der Waals surface area contributed by atoms with E-state index in [4.69, 9.17) is 30.8 Å². The number of carbonyl (C=O) groups is 3. The van der Waals surface area contributed by atoms with Crippen molar-refractivity contribution in [3.8, 4) is 0 Å². The van der Waals surface area contributed by atoms with Crippen LogP contribution in [0.15, 0.2) is 179 Å². The van der Waals surface area contributed by atoms with Crippen LogP contribution in [0.3, 0.4) is 0 Å². The maximum atomic E-state index is 14.1. The van der Waals surface area contributed by atoms with E-state index >= 15 is 0 Å². The number of rotatable bonds is 13. The number of methoxy groups -OCH3 is 1. The normalized spacial score (nSPS) is 20.0. The lowest BCUT2D eigenvalue weighted by Gasteiger charge is -2.50. The van der Waals surface area contributed by atoms with E-state index in [1.54, 1.807) is 5.41 Å². The molecule has 0 bridgehead atoms. The number of ether oxygens (including phenoxy) is 2. The highest BCUT2D eigenvalue weighted by atomic mass is 35.5. The number of thioether (sulfide) groups is 1. The molecule has 0 spiro atoms. The third-order valence-electron chi connectivity index (χ3n) is 10.4. The second-order valence-corrected chi connectivity index (χ2v) is 16.6. The van der Waals surface area contributed by atoms with Crippen molar-refractivity contribution in [3.05, 3.63) is 202 Å². The van der Waals surface area contributed by atoms with Crippen molar-refractivity contribution in [1.82, 2.24) is 15.5 Å². The zero-order valence-corrected chi connectivity index (χ0v) is 34.3. The fraction of sp³-hybridized carbons (Fsp3) is 0.174. The van der Waals surface area contributed by atoms with Crippen molar-refractivity contribution in [2.75, 3.05) is 18.7 Å². The molecule has 298 valence electrons. The summed E-state index contributed by atoms with van der Waals surface area (Å²) in [7, 11) is 0.107. The van der Waals surface area contributed by atoms with Gasteiger partial charge in [-0.1, -0.05) is 152 Å². The van der Waals surface area contributed by atoms with Crippen LogP contribution in [0.2, 0.25) is 0 Å². The first-order valence-electron chi connectivity index (χ1n) is 18.9. The van der Waals surface area contributed by atoms with Crippen LogP contribution in [0.5, 0.6) is 0 Å². The van der Waals surface area contributed by atoms with Gasteiger partial charge in [0.2, 0.25) is 0 Å². The molecule has 0 aromatic heterocycles. The van der Waals surface area contributed by atoms with Gasteiger partial charge in [0, 0.05) is 24.2 Å². The van der Waals surface area contributed by atoms with Crippen LogP contribution in [-0.2, 0) is 40.1 Å². The van der Waals surface area contributed by atoms with Crippen LogP contribution in [0, 0.1) is 4.78 Å². The lowest BCUT2D eigenvalue weighted by Crippen LogP contribution is -2.71. The third-order valence-corrected chi connectivity index (χ3v) is 13.2. The standard InChI is InChI=1S/C46H40ClN5O5S2/c1-56-40(36-29-59(48)45(49-36)51-46(33-21-11-4-12-22-33,34-23-13-5-14-24-34)35-25-15-6-16-26-35)41(53)50-37-42(54)52-38(32(27-47)28-58-43(37)52)44(55)57-39(30-17-7-2-8-18-30)31-19-9-3-10-20-31/h2-26,29,37,39-40,43,48H,27-28H2,1H3,(H,49,51)(H,50,53)/t37?,40?,43-,59?/m1/s1. The van der Waals surface area contributed by atoms with Crippen LogP contribution < -0.4 is 10.6 Å². The summed E-state index contributed by atoms with van der Waals surface area (Å²) in [6.45, 7) is 0. The molecular formula is C46H40ClN5O5S2. The van der Waals surface area contributed by atoms with E-state index in [0.29, 0.717) is 22.2 Å². The van der Waals surface area contributed by atoms with E-state index in [1.165, 1.54) is 23.8 Å². The molecule has 1 saturated heterocycles. The first-order chi connectivity index (χ1) is 28.8. The van der Waals surface area contributed by atoms with Crippen molar-refractivity contribution < 1.29 is 23.9 Å². The van der Waals surface area contributed by atoms with Crippen LogP contribution >= 0.6 is 23.4 Å². The van der Waals surface area contributed by atoms with Gasteiger partial charge in [0.05, 0.1) is 5.70 Å². The lowest BCUT2D eigenvalue weighted by atomic mass is 9.77. The van der Waals surface area contributed by atoms with Crippen molar-refractivity contribution >= 4 is 57.0 Å². The lowest BCUT2D eigenvalue weighted by molar-refractivity contribution is -0.155. The highest BCUT2D eigenvalue weighted by Crippen LogP contribution is 2.43. The van der Waals surface area contributed by atoms with Gasteiger partial charge in [0.15, 0.2) is 17.4 Å². The molecule has 3 aliphatic rings. The number of carbonyl (C=O) groups excluding carboxylic acids is 3. The number of esters is 1. The van der Waals surface area contributed by atoms with E-state index < -0.39 is 57.6 Å². The van der Waals surface area contributed by atoms with Gasteiger partial charge in [-0.25, -0.2) is 9.79 Å². The molecular weight excluding hydrogens is 802 g/mol. The Morgan fingerprint density at radius 2 is 1.36 bits per heavy atom. The second-order valence-electron chi connectivity index (χ2n) is 14.0. The Labute approximate surface area is 354 Å². The van der Waals surface area contributed by atoms with Crippen molar-refractivity contribution in [2.45, 2.75) is 29.2 Å². The van der Waals surface area contributed by atoms with E-state index in [2.05, 4.69) is 10.6 Å². The summed E-state index contributed by atoms with van der Waals surface area (Å²) in [4.78, 5) is 48.7. The van der Waals surface area contributed by atoms with Crippen LogP contribution in [0.4, 0.5) is 0 Å². The molecule has 3 aliphatic heterocycles. The zero-order valence-electron chi connectivity index (χ0n) is 31.9. The predicted octanol–water partition coefficient (Wildman–Crippen LogP) is 7.40. The van der Waals surface area contributed by atoms with Crippen molar-refractivity contribution in [3.63, 3.8) is 0 Å². The van der Waals surface area contributed by atoms with E-state index in [-0.39, 0.29) is 11.6 Å². The van der Waals surface area contributed by atoms with Gasteiger partial charge >= 0.3 is 5.97 Å². The molecule has 3 unspecified atom stereocenters. The molecule has 3 heterocycles. The number of hydrogen-bond donors (Lipinski definition) is 3. The molecule has 8 rings (SSSR count). The number of nitrogens with zero attached hydrogens (tertiary/aromatic N) is 2. The van der Waals surface area contributed by atoms with Gasteiger partial charge in [-0.2, -0.15) is 0 Å². The number of benzene rings is 5. The second kappa shape index (κ2) is 17.6. The molecule has 0 aliphatic carbocycles. The first-order valence-corrected chi connectivity index (χ1v) is 21.8. The minimum absolute atomic E-state index is 0.0247. The van der Waals surface area contributed by atoms with Crippen LogP contribution in [-0.4, -0.2) is 64.1 Å². The summed E-state index contributed by atoms with van der Waals surface area (Å²) < 4.78 is 21.0. The number of alkyl halides is 1. The Kier molecular flexibility index (Phi) is 11.9. The maximum Gasteiger partial charge on any atom is 0.356 e. The highest BCUT2D eigenvalue weighted by molar-refractivity contribution is 8.04. The summed E-state index contributed by atoms with van der Waals surface area (Å²) in [6.07, 6.45) is -1.91. The van der Waals surface area contributed by atoms with E-state index in [1.807, 2.05) is 152 Å². The maximum absolute atomic E-state index is 14.1. The molecule has 3 N–H and O–H groups in total. The number of nitrogens with one attached hydrogen (secondary N) is 3. The van der Waals surface area contributed by atoms with Gasteiger partial charge in [-0.3, -0.25) is 19.3 Å². The summed E-state index contributed by atoms with van der Waals surface area (Å²) in [5.41, 5.74) is 4.24. The molecule has 5 aromatic carbocycles. The fourth-order valence-corrected chi connectivity index (χ4v) is 10.3. The monoisotopic (exact) mass is 841 g/mol. The smallest absolute Gasteiger partial charge is 0.356 e. The SMILES string of the molecule is COC(C(=O)NC1C(=O)N2C(C(=O)OC(c3ccccc3)c3ccccc3)=C(CCl)CS[C@H]12)C1=CS(=N)C(=NC(c2ccccc2)(c2ccccc2)c2ccccc2)N1. The molecule has 0 radical (unpaired) electrons. The van der Waals surface area contributed by atoms with Crippen LogP contribution in [0.25, 0.3) is 0 Å². The first kappa shape index (κ1) is 40.0. The van der Waals surface area contributed by atoms with E-state index in [9.17, 15) is 14.4 Å². The average Bonchev–Trinajstić information content (AvgIpc) is 3.65. The number of amidine groups is 1. The summed E-state index contributed by atoms with van der Waals surface area (Å²) in [5.74, 6) is -1.33. The van der Waals surface area contributed by atoms with Gasteiger partial charge in [0.1, 0.15) is 22.7 Å². The Morgan fingerprint density at radius 3 is 1.83 bits per heavy atom. The summed E-state index contributed by atoms with van der Waals surface area (Å²) in [6, 6.07) is 47.6. The fourth-order valence-electron chi connectivity index (χ4n) is 7.61. The number of amides is 2. The molecule has 4 atom stereocenters. The number of aliphatic imine (C=N–C) groups is 1. The van der Waals surface area contributed by atoms with Gasteiger partial charge in [-0.05, 0) is 44.1 Å². The van der Waals surface area contributed by atoms with Gasteiger partial charge in [0.25, 0.3) is 11.8 Å². The number of hydrogen-bond acceptors (Lipinski definition) is 8. The Hall–Kier alpha value is -5.79. The Bertz CT molecular complexity index is 2320. The van der Waals surface area contributed by atoms with Gasteiger partial charge < -0.3 is 20.1 Å². The Morgan fingerprint density at radius 1 is 0.864 bits per heavy atom. The topological polar surface area (TPSA) is 133 Å². The Balaban J connectivity index is 1.02. The molecule has 0 saturated carbocycles. The number of fused-ring (bicyclic) bond motifs is 1. The van der Waals surface area contributed by atoms with Gasteiger partial charge in [-0.15, -0.1) is 23.4 Å². The molecule has 2 amide bonds. The molecule has 13 heteroatoms. The van der Waals surface area contributed by atoms with Crippen LogP contribution in [0.1, 0.15) is 33.9 Å². The van der Waals surface area contributed by atoms with Crippen molar-refractivity contribution in [2.24, 2.45) is 4.99 Å². The largest absolute Gasteiger partial charge is 0.448 e. The predicted molar refractivity (Wildman–Crippen MR) is 232 cm³/mol.